The lowest BCUT2D eigenvalue weighted by Gasteiger charge is -2.18. The molecule has 3 rings (SSSR count). The highest BCUT2D eigenvalue weighted by Gasteiger charge is 2.12. The van der Waals surface area contributed by atoms with E-state index in [1.807, 2.05) is 0 Å². The van der Waals surface area contributed by atoms with Gasteiger partial charge in [-0.3, -0.25) is 10.1 Å². The summed E-state index contributed by atoms with van der Waals surface area (Å²) in [5.74, 6) is 0.0613. The van der Waals surface area contributed by atoms with Gasteiger partial charge in [0.05, 0.1) is 10.3 Å². The smallest absolute Gasteiger partial charge is 0.277 e. The van der Waals surface area contributed by atoms with Crippen molar-refractivity contribution in [1.29, 1.82) is 0 Å². The van der Waals surface area contributed by atoms with Gasteiger partial charge in [0, 0.05) is 24.5 Å². The number of phenolic OH excluding ortho intramolecular Hbond substituents is 1. The van der Waals surface area contributed by atoms with Crippen molar-refractivity contribution in [3.63, 3.8) is 0 Å². The predicted molar refractivity (Wildman–Crippen MR) is 79.5 cm³/mol. The second-order valence-electron chi connectivity index (χ2n) is 4.92. The maximum absolute atomic E-state index is 10.7. The number of nitro groups is 1. The van der Waals surface area contributed by atoms with Crippen LogP contribution in [0.2, 0.25) is 0 Å². The van der Waals surface area contributed by atoms with E-state index < -0.39 is 4.92 Å². The van der Waals surface area contributed by atoms with Gasteiger partial charge in [-0.1, -0.05) is 24.6 Å². The molecular weight excluding hydrogens is 272 g/mol. The van der Waals surface area contributed by atoms with Crippen molar-refractivity contribution >= 4 is 16.5 Å². The molecule has 0 saturated carbocycles. The number of nitro benzene ring substituents is 1. The molecule has 1 heterocycles. The lowest BCUT2D eigenvalue weighted by molar-refractivity contribution is -0.383. The van der Waals surface area contributed by atoms with Gasteiger partial charge in [0.1, 0.15) is 5.75 Å². The zero-order valence-corrected chi connectivity index (χ0v) is 11.6. The first-order chi connectivity index (χ1) is 10.1. The predicted octanol–water partition coefficient (Wildman–Crippen LogP) is 3.32. The van der Waals surface area contributed by atoms with Crippen molar-refractivity contribution in [1.82, 2.24) is 5.06 Å². The number of nitrogens with zero attached hydrogens (tertiary/aromatic N) is 2. The Labute approximate surface area is 122 Å². The normalized spacial score (nSPS) is 15.3. The molecule has 6 heteroatoms. The summed E-state index contributed by atoms with van der Waals surface area (Å²) in [7, 11) is 0. The molecule has 0 unspecified atom stereocenters. The molecule has 1 fully saturated rings. The van der Waals surface area contributed by atoms with Crippen molar-refractivity contribution in [2.24, 2.45) is 0 Å². The molecule has 21 heavy (non-hydrogen) atoms. The summed E-state index contributed by atoms with van der Waals surface area (Å²) >= 11 is 0. The molecule has 1 aliphatic heterocycles. The van der Waals surface area contributed by atoms with E-state index in [-0.39, 0.29) is 11.4 Å². The van der Waals surface area contributed by atoms with Crippen molar-refractivity contribution in [2.45, 2.75) is 19.3 Å². The van der Waals surface area contributed by atoms with Crippen LogP contribution in [-0.2, 0) is 0 Å². The maximum atomic E-state index is 10.7. The van der Waals surface area contributed by atoms with E-state index in [0.717, 1.165) is 25.9 Å². The Kier molecular flexibility index (Phi) is 5.08. The van der Waals surface area contributed by atoms with Gasteiger partial charge in [-0.05, 0) is 25.0 Å². The zero-order valence-electron chi connectivity index (χ0n) is 11.6. The van der Waals surface area contributed by atoms with Crippen molar-refractivity contribution < 1.29 is 15.2 Å². The molecule has 1 aliphatic rings. The van der Waals surface area contributed by atoms with Crippen LogP contribution < -0.4 is 0 Å². The minimum atomic E-state index is -0.457. The number of benzene rings is 2. The van der Waals surface area contributed by atoms with Crippen molar-refractivity contribution in [3.05, 3.63) is 46.5 Å². The van der Waals surface area contributed by atoms with Gasteiger partial charge in [0.15, 0.2) is 0 Å². The summed E-state index contributed by atoms with van der Waals surface area (Å²) in [5.41, 5.74) is 0.0124. The Hall–Kier alpha value is -2.18. The summed E-state index contributed by atoms with van der Waals surface area (Å²) < 4.78 is 0. The van der Waals surface area contributed by atoms with Gasteiger partial charge in [-0.25, -0.2) is 0 Å². The third-order valence-electron chi connectivity index (χ3n) is 3.41. The fourth-order valence-corrected chi connectivity index (χ4v) is 2.30. The van der Waals surface area contributed by atoms with Crippen molar-refractivity contribution in [2.75, 3.05) is 13.1 Å². The van der Waals surface area contributed by atoms with E-state index in [9.17, 15) is 15.2 Å². The first-order valence-electron chi connectivity index (χ1n) is 6.88. The number of aromatic hydroxyl groups is 1. The minimum absolute atomic E-state index is 0.0124. The van der Waals surface area contributed by atoms with E-state index in [0.29, 0.717) is 10.8 Å². The fourth-order valence-electron chi connectivity index (χ4n) is 2.30. The summed E-state index contributed by atoms with van der Waals surface area (Å²) in [6, 6.07) is 9.34. The van der Waals surface area contributed by atoms with E-state index in [4.69, 9.17) is 5.21 Å². The van der Waals surface area contributed by atoms with Gasteiger partial charge in [-0.2, -0.15) is 5.06 Å². The number of rotatable bonds is 1. The third kappa shape index (κ3) is 3.90. The number of fused-ring (bicyclic) bond motifs is 1. The minimum Gasteiger partial charge on any atom is -0.507 e. The van der Waals surface area contributed by atoms with E-state index in [1.165, 1.54) is 23.6 Å². The van der Waals surface area contributed by atoms with Crippen LogP contribution in [0.25, 0.3) is 10.8 Å². The molecule has 0 bridgehead atoms. The van der Waals surface area contributed by atoms with Gasteiger partial charge in [0.25, 0.3) is 5.69 Å². The average Bonchev–Trinajstić information content (AvgIpc) is 2.49. The number of phenols is 1. The average molecular weight is 290 g/mol. The Morgan fingerprint density at radius 1 is 1.00 bits per heavy atom. The lowest BCUT2D eigenvalue weighted by atomic mass is 10.1. The topological polar surface area (TPSA) is 86.8 Å². The molecule has 2 aromatic carbocycles. The molecular formula is C15H18N2O4. The van der Waals surface area contributed by atoms with E-state index in [2.05, 4.69) is 0 Å². The second-order valence-corrected chi connectivity index (χ2v) is 4.92. The Morgan fingerprint density at radius 3 is 2.14 bits per heavy atom. The SMILES string of the molecule is O=[N+]([O-])c1ccc(O)c2ccccc12.ON1CCCCC1. The molecule has 0 amide bonds. The molecule has 0 aromatic heterocycles. The molecule has 112 valence electrons. The van der Waals surface area contributed by atoms with Crippen LogP contribution in [0.3, 0.4) is 0 Å². The Bertz CT molecular complexity index is 624. The first-order valence-corrected chi connectivity index (χ1v) is 6.88. The summed E-state index contributed by atoms with van der Waals surface area (Å²) in [5, 5.41) is 31.2. The zero-order chi connectivity index (χ0) is 15.2. The number of hydroxylamine groups is 2. The second kappa shape index (κ2) is 7.01. The van der Waals surface area contributed by atoms with Crippen LogP contribution in [-0.4, -0.2) is 33.4 Å². The standard InChI is InChI=1S/C10H7NO3.C5H11NO/c12-10-6-5-9(11(13)14)7-3-1-2-4-8(7)10;7-6-4-2-1-3-5-6/h1-6,12H;7H,1-5H2. The molecule has 0 radical (unpaired) electrons. The monoisotopic (exact) mass is 290 g/mol. The largest absolute Gasteiger partial charge is 0.507 e. The van der Waals surface area contributed by atoms with Gasteiger partial charge < -0.3 is 10.3 Å². The maximum Gasteiger partial charge on any atom is 0.277 e. The number of hydrogen-bond acceptors (Lipinski definition) is 5. The van der Waals surface area contributed by atoms with Crippen LogP contribution >= 0.6 is 0 Å². The molecule has 1 saturated heterocycles. The van der Waals surface area contributed by atoms with Gasteiger partial charge >= 0.3 is 0 Å². The Balaban J connectivity index is 0.000000194. The van der Waals surface area contributed by atoms with Crippen LogP contribution in [0, 0.1) is 10.1 Å². The quantitative estimate of drug-likeness (QED) is 0.621. The third-order valence-corrected chi connectivity index (χ3v) is 3.41. The van der Waals surface area contributed by atoms with Crippen molar-refractivity contribution in [3.8, 4) is 5.75 Å². The molecule has 2 N–H and O–H groups in total. The van der Waals surface area contributed by atoms with E-state index in [1.54, 1.807) is 24.3 Å². The van der Waals surface area contributed by atoms with Crippen LogP contribution in [0.1, 0.15) is 19.3 Å². The summed E-state index contributed by atoms with van der Waals surface area (Å²) in [6.07, 6.45) is 3.62. The lowest BCUT2D eigenvalue weighted by Crippen LogP contribution is -2.25. The highest BCUT2D eigenvalue weighted by atomic mass is 16.6. The summed E-state index contributed by atoms with van der Waals surface area (Å²) in [4.78, 5) is 10.2. The number of non-ortho nitro benzene ring substituents is 1. The Morgan fingerprint density at radius 2 is 1.62 bits per heavy atom. The van der Waals surface area contributed by atoms with Gasteiger partial charge in [0.2, 0.25) is 0 Å². The fraction of sp³-hybridized carbons (Fsp3) is 0.333. The highest BCUT2D eigenvalue weighted by molar-refractivity contribution is 5.94. The van der Waals surface area contributed by atoms with Crippen LogP contribution in [0.15, 0.2) is 36.4 Å². The van der Waals surface area contributed by atoms with Gasteiger partial charge in [-0.15, -0.1) is 0 Å². The first kappa shape index (κ1) is 15.2. The molecule has 0 atom stereocenters. The summed E-state index contributed by atoms with van der Waals surface area (Å²) in [6.45, 7) is 1.75. The number of hydrogen-bond donors (Lipinski definition) is 2. The molecule has 6 nitrogen and oxygen atoms in total. The number of piperidine rings is 1. The van der Waals surface area contributed by atoms with Crippen LogP contribution in [0.4, 0.5) is 5.69 Å². The van der Waals surface area contributed by atoms with E-state index >= 15 is 0 Å². The highest BCUT2D eigenvalue weighted by Crippen LogP contribution is 2.31. The van der Waals surface area contributed by atoms with Crippen LogP contribution in [0.5, 0.6) is 5.75 Å². The molecule has 0 aliphatic carbocycles. The molecule has 2 aromatic rings. The molecule has 0 spiro atoms.